The molecule has 0 nitrogen and oxygen atoms in total. The minimum absolute atomic E-state index is 0.0166. The number of hydrogen-bond donors (Lipinski definition) is 0. The first-order chi connectivity index (χ1) is 56.0. The van der Waals surface area contributed by atoms with Crippen molar-refractivity contribution in [3.05, 3.63) is 0 Å². The highest BCUT2D eigenvalue weighted by Gasteiger charge is 2.91. The highest BCUT2D eigenvalue weighted by atomic mass is 19.5. The van der Waals surface area contributed by atoms with Crippen molar-refractivity contribution in [1.29, 1.82) is 0 Å². The summed E-state index contributed by atoms with van der Waals surface area (Å²) in [4.78, 5) is 0. The van der Waals surface area contributed by atoms with Gasteiger partial charge < -0.3 is 0 Å². The molecule has 0 aromatic carbocycles. The summed E-state index contributed by atoms with van der Waals surface area (Å²) in [6.07, 6.45) is -36.7. The van der Waals surface area contributed by atoms with Crippen LogP contribution >= 0.6 is 0 Å². The lowest BCUT2D eigenvalue weighted by Crippen LogP contribution is -2.77. The Bertz CT molecular complexity index is 3180. The van der Waals surface area contributed by atoms with Gasteiger partial charge in [-0.05, 0) is 197 Å². The third-order valence-electron chi connectivity index (χ3n) is 29.0. The van der Waals surface area contributed by atoms with Crippen molar-refractivity contribution in [2.45, 2.75) is 371 Å². The summed E-state index contributed by atoms with van der Waals surface area (Å²) >= 11 is 0. The van der Waals surface area contributed by atoms with Crippen LogP contribution in [-0.4, -0.2) is 110 Å². The molecule has 0 radical (unpaired) electrons. The molecule has 0 aromatic heterocycles. The standard InChI is InChI=1S/C12H15F9.C10H14F6.C9H13F3.3C9H15F3.C8H7F9.C8H12F4.C6H12.C5H10/c1-4-5(2)8(11(16,17)18)9(12(19,20)21)6(3)7(4)10(13,14)15;1-5-3-6(2)8(10(14,15)16)7(4-5)9(11,12)13;1-5-6-3-4-7(5)8(6,2)9(10,11)12;2*1-6-3-7(2)5-8(4-6)9(10,11)12;1-6-4-3-5-8(7(6)2)9(10,11)12;1-3-5(10,11)4(2,9)7(14,15)8(16,17)6(3,12)13;1-3-5(9)4(2)7(11)8(12)6(3)10;1-3-6(2)4-5-6;1-5(2)3-4-5/h4-9H,1-3H3;5-8H,3-4H2,1-2H3;5-7H,3-4H2,1-2H3;3*6-8H,3-5H2,1-2H3;3H,1-2H3;3-8H,1-2H3;3-5H2,1-2H3;3-4H2,1-2H3/t4-,5?,6?,7?,8?,9?;5-,6?,7?,8?;5?,6-,7+,8?;2*6-,7?,8?;6?,7-,8?;3-,4?;3-,4?,5?,6?,7?,8?;;/m10.00100../s1/i;;;6D;;7D;;;;. The van der Waals surface area contributed by atoms with E-state index in [0.717, 1.165) is 50.4 Å². The molecule has 12 fully saturated rings. The molecule has 0 amide bonds. The van der Waals surface area contributed by atoms with Crippen LogP contribution in [0.4, 0.5) is 176 Å². The van der Waals surface area contributed by atoms with Gasteiger partial charge >= 0.3 is 73.4 Å². The maximum Gasteiger partial charge on any atom is 0.394 e. The Balaban J connectivity index is 0.000000485. The summed E-state index contributed by atoms with van der Waals surface area (Å²) in [7, 11) is 0. The van der Waals surface area contributed by atoms with Crippen molar-refractivity contribution < 1.29 is 178 Å². The van der Waals surface area contributed by atoms with Gasteiger partial charge in [0.25, 0.3) is 5.92 Å². The Morgan fingerprint density at radius 1 is 0.312 bits per heavy atom. The minimum Gasteiger partial charge on any atom is -0.247 e. The summed E-state index contributed by atoms with van der Waals surface area (Å²) in [5.41, 5.74) is -4.86. The maximum absolute atomic E-state index is 13.2. The lowest BCUT2D eigenvalue weighted by atomic mass is 9.53. The van der Waals surface area contributed by atoms with E-state index in [4.69, 9.17) is 2.74 Å². The fourth-order valence-corrected chi connectivity index (χ4v) is 19.9. The van der Waals surface area contributed by atoms with Gasteiger partial charge in [-0.15, -0.1) is 0 Å². The summed E-state index contributed by atoms with van der Waals surface area (Å²) < 4.78 is 524. The van der Waals surface area contributed by atoms with Crippen LogP contribution in [0.25, 0.3) is 0 Å². The molecule has 12 saturated carbocycles. The monoisotopic (exact) mass is 1910 g/mol. The third-order valence-corrected chi connectivity index (χ3v) is 29.0. The predicted octanol–water partition coefficient (Wildman–Crippen LogP) is 34.5. The summed E-state index contributed by atoms with van der Waals surface area (Å²) in [5, 5.41) is 0. The van der Waals surface area contributed by atoms with Crippen LogP contribution in [0.5, 0.6) is 0 Å². The molecule has 12 aliphatic rings. The molecule has 12 rings (SSSR count). The van der Waals surface area contributed by atoms with Gasteiger partial charge in [0.1, 0.15) is 18.5 Å². The van der Waals surface area contributed by atoms with Gasteiger partial charge in [-0.1, -0.05) is 158 Å². The SMILES string of the molecule is CC1(C)CC1.CC1C(C(F)(F)F)C(C(F)(F)F)C(C)[C@@H](C)C1C(F)(F)F.CC1C(F)C(F)C(F)[C@@H](C)C1F.CC1CC(C(F)(F)F)C[C@@H](C)C1.CC1C[C@H](C)CC(C(F)(F)F)C1C(F)(F)F.CC1[C@H]2CC[C@@H]1C2(C)C(F)(F)F.CCC1(C)CC1.C[C@H]1C(F)(F)C(C)(F)C(F)(F)C(F)(F)C1(F)F.[2H][C@@]1(C)C(C)CCCC1C(F)(F)F.[2H][C@]1(C)CC(C)CC(C(F)(F)F)C1. The Morgan fingerprint density at radius 2 is 0.664 bits per heavy atom. The normalized spacial score (nSPS) is 42.4. The number of rotatable bonds is 1. The lowest BCUT2D eigenvalue weighted by Gasteiger charge is -2.53. The first kappa shape index (κ1) is 115. The molecule has 0 heterocycles. The molecular weight excluding hydrogens is 1780 g/mol. The quantitative estimate of drug-likeness (QED) is 0.230. The Hall–Kier alpha value is -2.80. The van der Waals surface area contributed by atoms with Crippen molar-refractivity contribution in [3.8, 4) is 0 Å². The zero-order valence-corrected chi connectivity index (χ0v) is 73.9. The maximum atomic E-state index is 13.2. The van der Waals surface area contributed by atoms with Gasteiger partial charge in [0.05, 0.1) is 58.7 Å². The number of hydrogen-bond acceptors (Lipinski definition) is 0. The van der Waals surface area contributed by atoms with E-state index in [2.05, 4.69) is 27.7 Å². The van der Waals surface area contributed by atoms with Crippen molar-refractivity contribution in [3.63, 3.8) is 0 Å². The van der Waals surface area contributed by atoms with E-state index in [1.54, 1.807) is 27.7 Å². The van der Waals surface area contributed by atoms with Gasteiger partial charge in [-0.25, -0.2) is 30.7 Å². The Kier molecular flexibility index (Phi) is 38.5. The van der Waals surface area contributed by atoms with Crippen LogP contribution < -0.4 is 0 Å². The Morgan fingerprint density at radius 3 is 0.960 bits per heavy atom. The van der Waals surface area contributed by atoms with E-state index < -0.39 is 229 Å². The van der Waals surface area contributed by atoms with Crippen molar-refractivity contribution in [1.82, 2.24) is 0 Å². The molecule has 125 heavy (non-hydrogen) atoms. The highest BCUT2D eigenvalue weighted by Crippen LogP contribution is 2.72. The van der Waals surface area contributed by atoms with E-state index in [-0.39, 0.29) is 74.0 Å². The average Bonchev–Trinajstić information content (AvgIpc) is 1.69. The number of fused-ring (bicyclic) bond motifs is 1. The highest BCUT2D eigenvalue weighted by molar-refractivity contribution is 5.20. The van der Waals surface area contributed by atoms with E-state index >= 15 is 0 Å². The molecule has 0 aliphatic heterocycles. The average molecular weight is 1910 g/mol. The van der Waals surface area contributed by atoms with E-state index in [1.807, 2.05) is 20.8 Å². The molecule has 748 valence electrons. The van der Waals surface area contributed by atoms with Crippen LogP contribution in [-0.2, 0) is 0 Å². The third kappa shape index (κ3) is 29.4. The second-order valence-electron chi connectivity index (χ2n) is 39.7. The van der Waals surface area contributed by atoms with Crippen LogP contribution in [0.15, 0.2) is 0 Å². The number of halogens is 40. The van der Waals surface area contributed by atoms with Crippen molar-refractivity contribution in [2.75, 3.05) is 0 Å². The minimum atomic E-state index is -6.19. The largest absolute Gasteiger partial charge is 0.394 e. The second-order valence-corrected chi connectivity index (χ2v) is 39.7. The summed E-state index contributed by atoms with van der Waals surface area (Å²) in [6, 6.07) is 0. The van der Waals surface area contributed by atoms with Gasteiger partial charge in [-0.3, -0.25) is 0 Å². The molecule has 31 atom stereocenters. The lowest BCUT2D eigenvalue weighted by molar-refractivity contribution is -0.431. The molecule has 12 aliphatic carbocycles. The van der Waals surface area contributed by atoms with E-state index in [1.165, 1.54) is 66.7 Å². The fourth-order valence-electron chi connectivity index (χ4n) is 19.9. The van der Waals surface area contributed by atoms with Gasteiger partial charge in [0.15, 0.2) is 6.17 Å². The summed E-state index contributed by atoms with van der Waals surface area (Å²) in [6.45, 7) is 30.1. The van der Waals surface area contributed by atoms with Crippen molar-refractivity contribution >= 4 is 0 Å². The molecule has 0 aromatic rings. The van der Waals surface area contributed by atoms with E-state index in [0.29, 0.717) is 38.5 Å². The fraction of sp³-hybridized carbons (Fsp3) is 1.00. The van der Waals surface area contributed by atoms with Gasteiger partial charge in [0.2, 0.25) is 5.67 Å². The van der Waals surface area contributed by atoms with Crippen LogP contribution in [0, 0.1) is 164 Å². The molecule has 0 spiro atoms. The summed E-state index contributed by atoms with van der Waals surface area (Å²) in [5.74, 6) is -54.1. The molecule has 0 saturated heterocycles. The topological polar surface area (TPSA) is 0 Å². The van der Waals surface area contributed by atoms with Crippen LogP contribution in [0.1, 0.15) is 264 Å². The molecule has 2 bridgehead atoms. The molecular formula is C85H128F40. The second kappa shape index (κ2) is 42.0. The predicted molar refractivity (Wildman–Crippen MR) is 395 cm³/mol. The Labute approximate surface area is 711 Å². The van der Waals surface area contributed by atoms with Crippen molar-refractivity contribution in [2.24, 2.45) is 164 Å². The first-order valence-corrected chi connectivity index (χ1v) is 42.3. The van der Waals surface area contributed by atoms with Gasteiger partial charge in [-0.2, -0.15) is 145 Å². The first-order valence-electron chi connectivity index (χ1n) is 43.3. The zero-order valence-electron chi connectivity index (χ0n) is 75.9. The zero-order chi connectivity index (χ0) is 101. The smallest absolute Gasteiger partial charge is 0.247 e. The van der Waals surface area contributed by atoms with Crippen LogP contribution in [0.2, 0.25) is 0 Å². The number of alkyl halides is 40. The van der Waals surface area contributed by atoms with Gasteiger partial charge in [0, 0.05) is 14.6 Å². The molecule has 0 N–H and O–H groups in total. The van der Waals surface area contributed by atoms with E-state index in [9.17, 15) is 176 Å². The molecule has 40 heteroatoms. The van der Waals surface area contributed by atoms with Crippen LogP contribution in [0.3, 0.4) is 0 Å². The molecule has 22 unspecified atom stereocenters.